The van der Waals surface area contributed by atoms with Gasteiger partial charge in [-0.3, -0.25) is 0 Å². The van der Waals surface area contributed by atoms with E-state index >= 15 is 0 Å². The van der Waals surface area contributed by atoms with Crippen LogP contribution in [0.4, 0.5) is 0 Å². The van der Waals surface area contributed by atoms with E-state index in [1.54, 1.807) is 12.1 Å². The molecule has 1 atom stereocenters. The van der Waals surface area contributed by atoms with Crippen LogP contribution in [0.15, 0.2) is 36.4 Å². The Hall–Kier alpha value is -0.730. The van der Waals surface area contributed by atoms with Crippen molar-refractivity contribution in [3.63, 3.8) is 0 Å². The Bertz CT molecular complexity index is 573. The van der Waals surface area contributed by atoms with Crippen molar-refractivity contribution in [3.05, 3.63) is 57.0 Å². The Kier molecular flexibility index (Phi) is 4.75. The molecule has 0 fully saturated rings. The fourth-order valence-corrected chi connectivity index (χ4v) is 2.98. The summed E-state index contributed by atoms with van der Waals surface area (Å²) in [5, 5.41) is 4.88. The molecule has 0 amide bonds. The summed E-state index contributed by atoms with van der Waals surface area (Å²) in [6.45, 7) is 2.10. The molecular formula is C15H14Cl3N. The molecule has 0 heterocycles. The molecule has 1 nitrogen and oxygen atoms in total. The second-order valence-electron chi connectivity index (χ2n) is 4.38. The molecule has 0 saturated carbocycles. The molecule has 2 aromatic carbocycles. The summed E-state index contributed by atoms with van der Waals surface area (Å²) in [7, 11) is 1.93. The molecule has 0 radical (unpaired) electrons. The quantitative estimate of drug-likeness (QED) is 0.778. The number of nitrogens with one attached hydrogen (secondary N) is 1. The highest BCUT2D eigenvalue weighted by atomic mass is 35.5. The van der Waals surface area contributed by atoms with Crippen LogP contribution >= 0.6 is 34.8 Å². The van der Waals surface area contributed by atoms with Crippen molar-refractivity contribution in [2.75, 3.05) is 7.05 Å². The molecule has 0 aliphatic heterocycles. The van der Waals surface area contributed by atoms with Crippen molar-refractivity contribution in [1.82, 2.24) is 5.32 Å². The molecule has 0 aliphatic rings. The maximum atomic E-state index is 6.25. The first kappa shape index (κ1) is 14.7. The highest BCUT2D eigenvalue weighted by Gasteiger charge is 2.11. The summed E-state index contributed by atoms with van der Waals surface area (Å²) in [4.78, 5) is 0. The average Bonchev–Trinajstić information content (AvgIpc) is 2.37. The van der Waals surface area contributed by atoms with E-state index in [1.165, 1.54) is 5.56 Å². The van der Waals surface area contributed by atoms with Crippen LogP contribution in [0.25, 0.3) is 11.1 Å². The minimum atomic E-state index is 0.268. The molecule has 1 N–H and O–H groups in total. The van der Waals surface area contributed by atoms with E-state index in [0.29, 0.717) is 15.1 Å². The maximum absolute atomic E-state index is 6.25. The smallest absolute Gasteiger partial charge is 0.0514 e. The third-order valence-corrected chi connectivity index (χ3v) is 3.93. The van der Waals surface area contributed by atoms with E-state index in [9.17, 15) is 0 Å². The predicted molar refractivity (Wildman–Crippen MR) is 84.4 cm³/mol. The summed E-state index contributed by atoms with van der Waals surface area (Å²) in [5.41, 5.74) is 2.99. The third-order valence-electron chi connectivity index (χ3n) is 3.12. The van der Waals surface area contributed by atoms with Gasteiger partial charge in [-0.2, -0.15) is 0 Å². The van der Waals surface area contributed by atoms with Crippen molar-refractivity contribution in [2.24, 2.45) is 0 Å². The van der Waals surface area contributed by atoms with Crippen LogP contribution < -0.4 is 5.32 Å². The van der Waals surface area contributed by atoms with E-state index < -0.39 is 0 Å². The van der Waals surface area contributed by atoms with Gasteiger partial charge in [0, 0.05) is 16.6 Å². The monoisotopic (exact) mass is 313 g/mol. The molecule has 0 aromatic heterocycles. The Morgan fingerprint density at radius 1 is 1.00 bits per heavy atom. The lowest BCUT2D eigenvalue weighted by molar-refractivity contribution is 0.652. The van der Waals surface area contributed by atoms with Gasteiger partial charge in [-0.15, -0.1) is 0 Å². The van der Waals surface area contributed by atoms with E-state index in [0.717, 1.165) is 11.1 Å². The Balaban J connectivity index is 2.54. The molecule has 0 spiro atoms. The van der Waals surface area contributed by atoms with Gasteiger partial charge in [0.1, 0.15) is 0 Å². The molecule has 2 rings (SSSR count). The van der Waals surface area contributed by atoms with Gasteiger partial charge in [-0.25, -0.2) is 0 Å². The number of benzene rings is 2. The fourth-order valence-electron chi connectivity index (χ4n) is 1.95. The topological polar surface area (TPSA) is 12.0 Å². The van der Waals surface area contributed by atoms with Crippen LogP contribution in [0.3, 0.4) is 0 Å². The highest BCUT2D eigenvalue weighted by Crippen LogP contribution is 2.37. The van der Waals surface area contributed by atoms with E-state index in [1.807, 2.05) is 19.2 Å². The zero-order valence-corrected chi connectivity index (χ0v) is 12.9. The van der Waals surface area contributed by atoms with Gasteiger partial charge >= 0.3 is 0 Å². The summed E-state index contributed by atoms with van der Waals surface area (Å²) in [6.07, 6.45) is 0. The average molecular weight is 315 g/mol. The second kappa shape index (κ2) is 6.15. The largest absolute Gasteiger partial charge is 0.313 e. The van der Waals surface area contributed by atoms with Gasteiger partial charge in [0.05, 0.1) is 10.0 Å². The lowest BCUT2D eigenvalue weighted by Crippen LogP contribution is -2.12. The molecule has 0 aliphatic carbocycles. The second-order valence-corrected chi connectivity index (χ2v) is 5.63. The van der Waals surface area contributed by atoms with Crippen LogP contribution in [-0.4, -0.2) is 7.05 Å². The van der Waals surface area contributed by atoms with Crippen LogP contribution in [0.1, 0.15) is 18.5 Å². The molecule has 19 heavy (non-hydrogen) atoms. The van der Waals surface area contributed by atoms with Crippen LogP contribution in [0.2, 0.25) is 15.1 Å². The van der Waals surface area contributed by atoms with Crippen LogP contribution in [0, 0.1) is 0 Å². The van der Waals surface area contributed by atoms with E-state index in [-0.39, 0.29) is 6.04 Å². The first-order chi connectivity index (χ1) is 9.02. The van der Waals surface area contributed by atoms with Crippen molar-refractivity contribution in [3.8, 4) is 11.1 Å². The van der Waals surface area contributed by atoms with Crippen LogP contribution in [-0.2, 0) is 0 Å². The summed E-state index contributed by atoms with van der Waals surface area (Å²) in [5.74, 6) is 0. The summed E-state index contributed by atoms with van der Waals surface area (Å²) < 4.78 is 0. The van der Waals surface area contributed by atoms with Crippen LogP contribution in [0.5, 0.6) is 0 Å². The van der Waals surface area contributed by atoms with Gasteiger partial charge in [0.2, 0.25) is 0 Å². The van der Waals surface area contributed by atoms with Gasteiger partial charge in [0.15, 0.2) is 0 Å². The molecule has 100 valence electrons. The molecule has 0 bridgehead atoms. The minimum absolute atomic E-state index is 0.268. The van der Waals surface area contributed by atoms with Crippen molar-refractivity contribution in [1.29, 1.82) is 0 Å². The zero-order valence-electron chi connectivity index (χ0n) is 10.7. The molecular weight excluding hydrogens is 301 g/mol. The fraction of sp³-hybridized carbons (Fsp3) is 0.200. The third kappa shape index (κ3) is 3.24. The Morgan fingerprint density at radius 2 is 1.63 bits per heavy atom. The molecule has 1 unspecified atom stereocenters. The van der Waals surface area contributed by atoms with Gasteiger partial charge in [-0.05, 0) is 43.3 Å². The number of hydrogen-bond acceptors (Lipinski definition) is 1. The van der Waals surface area contributed by atoms with Gasteiger partial charge in [-0.1, -0.05) is 53.0 Å². The number of halogens is 3. The molecule has 4 heteroatoms. The van der Waals surface area contributed by atoms with Crippen molar-refractivity contribution < 1.29 is 0 Å². The van der Waals surface area contributed by atoms with E-state index in [4.69, 9.17) is 34.8 Å². The Labute approximate surface area is 128 Å². The normalized spacial score (nSPS) is 12.5. The van der Waals surface area contributed by atoms with Crippen molar-refractivity contribution in [2.45, 2.75) is 13.0 Å². The molecule has 0 saturated heterocycles. The number of hydrogen-bond donors (Lipinski definition) is 1. The molecule has 2 aromatic rings. The predicted octanol–water partition coefficient (Wildman–Crippen LogP) is 5.59. The first-order valence-corrected chi connectivity index (χ1v) is 7.08. The highest BCUT2D eigenvalue weighted by molar-refractivity contribution is 6.41. The lowest BCUT2D eigenvalue weighted by atomic mass is 10.00. The zero-order chi connectivity index (χ0) is 14.0. The van der Waals surface area contributed by atoms with E-state index in [2.05, 4.69) is 24.4 Å². The summed E-state index contributed by atoms with van der Waals surface area (Å²) in [6, 6.07) is 11.8. The standard InChI is InChI=1S/C15H14Cl3N/c1-9(19-2)10-4-3-5-11(6-10)15-13(17)7-12(16)8-14(15)18/h3-9,19H,1-2H3. The van der Waals surface area contributed by atoms with Gasteiger partial charge in [0.25, 0.3) is 0 Å². The minimum Gasteiger partial charge on any atom is -0.313 e. The lowest BCUT2D eigenvalue weighted by Gasteiger charge is -2.14. The number of rotatable bonds is 3. The summed E-state index contributed by atoms with van der Waals surface area (Å²) >= 11 is 18.4. The van der Waals surface area contributed by atoms with Crippen molar-refractivity contribution >= 4 is 34.8 Å². The Morgan fingerprint density at radius 3 is 2.21 bits per heavy atom. The maximum Gasteiger partial charge on any atom is 0.0514 e. The first-order valence-electron chi connectivity index (χ1n) is 5.95. The van der Waals surface area contributed by atoms with Gasteiger partial charge < -0.3 is 5.32 Å². The SMILES string of the molecule is CNC(C)c1cccc(-c2c(Cl)cc(Cl)cc2Cl)c1.